The van der Waals surface area contributed by atoms with E-state index in [1.807, 2.05) is 52.3 Å². The van der Waals surface area contributed by atoms with Gasteiger partial charge < -0.3 is 23.8 Å². The summed E-state index contributed by atoms with van der Waals surface area (Å²) in [5.41, 5.74) is 0.0529. The van der Waals surface area contributed by atoms with Crippen LogP contribution in [0.2, 0.25) is 5.02 Å². The molecule has 0 aliphatic carbocycles. The van der Waals surface area contributed by atoms with Gasteiger partial charge in [0.15, 0.2) is 12.0 Å². The van der Waals surface area contributed by atoms with E-state index in [1.165, 1.54) is 6.20 Å². The number of Topliss-reactive ketones (excluding diaryl/α,β-unsaturated/α-hetero) is 1. The van der Waals surface area contributed by atoms with Crippen LogP contribution in [0.3, 0.4) is 0 Å². The van der Waals surface area contributed by atoms with Gasteiger partial charge in [0.1, 0.15) is 41.0 Å². The molecule has 0 radical (unpaired) electrons. The summed E-state index contributed by atoms with van der Waals surface area (Å²) in [6.45, 7) is 14.4. The number of carbonyl (C=O) groups is 2. The number of alkyl halides is 1. The molecule has 342 valence electrons. The summed E-state index contributed by atoms with van der Waals surface area (Å²) in [5.74, 6) is -0.245. The molecule has 3 aromatic heterocycles. The Kier molecular flexibility index (Phi) is 13.2. The average molecular weight is 895 g/mol. The van der Waals surface area contributed by atoms with Crippen molar-refractivity contribution in [2.45, 2.75) is 154 Å². The van der Waals surface area contributed by atoms with Crippen molar-refractivity contribution in [3.8, 4) is 23.1 Å². The molecule has 13 nitrogen and oxygen atoms in total. The molecular weight excluding hydrogens is 832 g/mol. The van der Waals surface area contributed by atoms with Gasteiger partial charge in [-0.3, -0.25) is 14.7 Å². The molecule has 0 N–H and O–H groups in total. The zero-order chi connectivity index (χ0) is 44.7. The third-order valence-corrected chi connectivity index (χ3v) is 13.1. The Morgan fingerprint density at radius 2 is 1.81 bits per heavy atom. The third-order valence-electron chi connectivity index (χ3n) is 12.8. The monoisotopic (exact) mass is 893 g/mol. The van der Waals surface area contributed by atoms with Crippen molar-refractivity contribution in [2.24, 2.45) is 5.92 Å². The number of hydrogen-bond acceptors (Lipinski definition) is 11. The summed E-state index contributed by atoms with van der Waals surface area (Å²) in [7, 11) is 0. The summed E-state index contributed by atoms with van der Waals surface area (Å²) in [6, 6.07) is 1.78. The van der Waals surface area contributed by atoms with Crippen LogP contribution in [0.15, 0.2) is 18.5 Å². The van der Waals surface area contributed by atoms with E-state index in [0.29, 0.717) is 91.8 Å². The minimum Gasteiger partial charge on any atom is -0.471 e. The predicted molar refractivity (Wildman–Crippen MR) is 237 cm³/mol. The van der Waals surface area contributed by atoms with E-state index >= 15 is 4.39 Å². The number of hydrogen-bond donors (Lipinski definition) is 0. The molecule has 4 aliphatic heterocycles. The van der Waals surface area contributed by atoms with Gasteiger partial charge in [-0.2, -0.15) is 15.1 Å². The zero-order valence-electron chi connectivity index (χ0n) is 37.6. The first-order valence-electron chi connectivity index (χ1n) is 22.8. The lowest BCUT2D eigenvalue weighted by atomic mass is 9.91. The second-order valence-corrected chi connectivity index (χ2v) is 20.4. The van der Waals surface area contributed by atoms with Crippen molar-refractivity contribution in [3.05, 3.63) is 34.9 Å². The Morgan fingerprint density at radius 3 is 2.57 bits per heavy atom. The number of fused-ring (bicyclic) bond motifs is 3. The van der Waals surface area contributed by atoms with Crippen LogP contribution in [0.4, 0.5) is 13.6 Å². The molecule has 4 atom stereocenters. The Morgan fingerprint density at radius 1 is 0.984 bits per heavy atom. The Balaban J connectivity index is 1.08. The summed E-state index contributed by atoms with van der Waals surface area (Å²) in [5, 5.41) is 6.07. The van der Waals surface area contributed by atoms with Gasteiger partial charge in [0.05, 0.1) is 22.6 Å². The largest absolute Gasteiger partial charge is 0.471 e. The maximum absolute atomic E-state index is 17.5. The first-order chi connectivity index (χ1) is 30.0. The lowest BCUT2D eigenvalue weighted by Crippen LogP contribution is -2.43. The van der Waals surface area contributed by atoms with Gasteiger partial charge in [0.25, 0.3) is 0 Å². The van der Waals surface area contributed by atoms with Gasteiger partial charge in [-0.25, -0.2) is 18.3 Å². The van der Waals surface area contributed by atoms with Crippen LogP contribution in [0.1, 0.15) is 130 Å². The second kappa shape index (κ2) is 18.3. The first-order valence-corrected chi connectivity index (χ1v) is 23.2. The summed E-state index contributed by atoms with van der Waals surface area (Å²) in [4.78, 5) is 44.0. The molecule has 2 unspecified atom stereocenters. The van der Waals surface area contributed by atoms with E-state index in [0.717, 1.165) is 51.5 Å². The summed E-state index contributed by atoms with van der Waals surface area (Å²) in [6.07, 6.45) is 10.6. The fourth-order valence-electron chi connectivity index (χ4n) is 9.87. The molecule has 4 fully saturated rings. The van der Waals surface area contributed by atoms with Crippen LogP contribution in [0.25, 0.3) is 33.1 Å². The summed E-state index contributed by atoms with van der Waals surface area (Å²) < 4.78 is 58.2. The smallest absolute Gasteiger partial charge is 0.410 e. The minimum atomic E-state index is -0.937. The van der Waals surface area contributed by atoms with Crippen molar-refractivity contribution in [1.82, 2.24) is 34.5 Å². The molecule has 0 saturated carbocycles. The minimum absolute atomic E-state index is 0.0234. The molecule has 16 heteroatoms. The van der Waals surface area contributed by atoms with Crippen LogP contribution in [-0.4, -0.2) is 109 Å². The lowest BCUT2D eigenvalue weighted by molar-refractivity contribution is -0.119. The number of nitrogens with zero attached hydrogens (tertiary/aromatic N) is 7. The van der Waals surface area contributed by atoms with E-state index < -0.39 is 28.7 Å². The SMILES string of the molecule is CC(C)(C)OC(=O)N1CCCC(CCC(=O)CCCc2c(Cl)cc3c(cnn3C3CCCCO3)c2-c2ncc3c(OC(C)(C)C)nc(OC[C@@]45CCCN4C[C@H](F)C5)nc3c2F)C1. The quantitative estimate of drug-likeness (QED) is 0.127. The molecular formula is C47H62ClF2N7O6. The number of rotatable bonds is 13. The number of halogens is 3. The maximum atomic E-state index is 17.5. The van der Waals surface area contributed by atoms with Crippen LogP contribution >= 0.6 is 11.6 Å². The number of benzene rings is 1. The molecule has 1 amide bonds. The highest BCUT2D eigenvalue weighted by Gasteiger charge is 2.49. The van der Waals surface area contributed by atoms with Crippen molar-refractivity contribution in [1.29, 1.82) is 0 Å². The predicted octanol–water partition coefficient (Wildman–Crippen LogP) is 9.98. The highest BCUT2D eigenvalue weighted by molar-refractivity contribution is 6.33. The molecule has 4 aromatic rings. The van der Waals surface area contributed by atoms with Gasteiger partial charge in [0.2, 0.25) is 5.88 Å². The Hall–Kier alpha value is -4.21. The fraction of sp³-hybridized carbons (Fsp3) is 0.660. The topological polar surface area (TPSA) is 134 Å². The molecule has 4 aliphatic rings. The van der Waals surface area contributed by atoms with Crippen LogP contribution < -0.4 is 9.47 Å². The van der Waals surface area contributed by atoms with Gasteiger partial charge in [-0.15, -0.1) is 0 Å². The molecule has 1 aromatic carbocycles. The van der Waals surface area contributed by atoms with Crippen LogP contribution in [0, 0.1) is 11.7 Å². The van der Waals surface area contributed by atoms with Crippen molar-refractivity contribution in [2.75, 3.05) is 39.4 Å². The second-order valence-electron chi connectivity index (χ2n) is 20.0. The van der Waals surface area contributed by atoms with Gasteiger partial charge in [0, 0.05) is 67.7 Å². The number of amides is 1. The van der Waals surface area contributed by atoms with Crippen LogP contribution in [0.5, 0.6) is 11.9 Å². The number of carbonyl (C=O) groups excluding carboxylic acids is 2. The number of likely N-dealkylation sites (tertiary alicyclic amines) is 1. The Bertz CT molecular complexity index is 2330. The van der Waals surface area contributed by atoms with Crippen molar-refractivity contribution in [3.63, 3.8) is 0 Å². The normalized spacial score (nSPS) is 23.4. The van der Waals surface area contributed by atoms with E-state index in [1.54, 1.807) is 11.1 Å². The molecule has 0 bridgehead atoms. The van der Waals surface area contributed by atoms with Gasteiger partial charge in [-0.1, -0.05) is 11.6 Å². The Labute approximate surface area is 373 Å². The number of piperidine rings is 1. The molecule has 7 heterocycles. The first kappa shape index (κ1) is 45.4. The van der Waals surface area contributed by atoms with Gasteiger partial charge >= 0.3 is 12.1 Å². The van der Waals surface area contributed by atoms with E-state index in [9.17, 15) is 14.0 Å². The fourth-order valence-corrected chi connectivity index (χ4v) is 10.2. The maximum Gasteiger partial charge on any atom is 0.410 e. The molecule has 63 heavy (non-hydrogen) atoms. The standard InChI is InChI=1S/C47H62ClF2N7O6/c1-45(2,3)62-42-34-24-51-41(39(50)40(34)53-43(54-42)61-28-47-18-11-20-56(47)27-30(49)23-47)38-32(35(48)22-36-33(38)25-52-57(36)37-15-7-8-21-60-37)14-9-13-31(58)17-16-29-12-10-19-55(26-29)44(59)63-46(4,5)6/h22,24-25,29-30,37H,7-21,23,26-28H2,1-6H3/t29?,30-,37?,47+/m1/s1. The molecule has 4 saturated heterocycles. The lowest BCUT2D eigenvalue weighted by Gasteiger charge is -2.34. The molecule has 0 spiro atoms. The van der Waals surface area contributed by atoms with E-state index in [-0.39, 0.29) is 59.1 Å². The van der Waals surface area contributed by atoms with E-state index in [4.69, 9.17) is 40.6 Å². The van der Waals surface area contributed by atoms with Crippen LogP contribution in [-0.2, 0) is 20.7 Å². The number of ether oxygens (including phenoxy) is 4. The average Bonchev–Trinajstić information content (AvgIpc) is 3.91. The zero-order valence-corrected chi connectivity index (χ0v) is 38.4. The third kappa shape index (κ3) is 10.2. The highest BCUT2D eigenvalue weighted by Crippen LogP contribution is 2.43. The highest BCUT2D eigenvalue weighted by atomic mass is 35.5. The summed E-state index contributed by atoms with van der Waals surface area (Å²) >= 11 is 7.18. The number of aromatic nitrogens is 5. The van der Waals surface area contributed by atoms with Crippen molar-refractivity contribution >= 4 is 45.3 Å². The van der Waals surface area contributed by atoms with E-state index in [2.05, 4.69) is 14.9 Å². The van der Waals surface area contributed by atoms with Crippen molar-refractivity contribution < 1.29 is 37.3 Å². The molecule has 8 rings (SSSR count). The van der Waals surface area contributed by atoms with Gasteiger partial charge in [-0.05, 0) is 130 Å². The number of ketones is 1. The number of pyridine rings is 1.